The first-order valence-electron chi connectivity index (χ1n) is 5.53. The maximum Gasteiger partial charge on any atom is 0.144 e. The highest BCUT2D eigenvalue weighted by atomic mass is 15.3. The molecule has 1 saturated heterocycles. The molecule has 1 aliphatic heterocycles. The van der Waals surface area contributed by atoms with E-state index in [-0.39, 0.29) is 0 Å². The highest BCUT2D eigenvalue weighted by molar-refractivity contribution is 5.42. The van der Waals surface area contributed by atoms with Crippen LogP contribution in [0.1, 0.15) is 24.8 Å². The maximum atomic E-state index is 5.42. The number of nitrogen functional groups attached to an aromatic ring is 1. The summed E-state index contributed by atoms with van der Waals surface area (Å²) in [7, 11) is 0. The lowest BCUT2D eigenvalue weighted by Crippen LogP contribution is -2.29. The number of hydrogen-bond acceptors (Lipinski definition) is 4. The number of anilines is 1. The Morgan fingerprint density at radius 3 is 2.87 bits per heavy atom. The van der Waals surface area contributed by atoms with Gasteiger partial charge in [0.05, 0.1) is 0 Å². The molecule has 0 radical (unpaired) electrons. The molecule has 0 unspecified atom stereocenters. The van der Waals surface area contributed by atoms with Crippen LogP contribution in [-0.2, 0) is 6.54 Å². The van der Waals surface area contributed by atoms with E-state index in [1.807, 2.05) is 6.07 Å². The van der Waals surface area contributed by atoms with Gasteiger partial charge in [-0.25, -0.2) is 10.8 Å². The summed E-state index contributed by atoms with van der Waals surface area (Å²) < 4.78 is 0. The molecule has 0 spiro atoms. The quantitative estimate of drug-likeness (QED) is 0.579. The predicted octanol–water partition coefficient (Wildman–Crippen LogP) is 1.35. The fourth-order valence-electron chi connectivity index (χ4n) is 2.05. The average molecular weight is 206 g/mol. The van der Waals surface area contributed by atoms with E-state index in [9.17, 15) is 0 Å². The number of aromatic nitrogens is 1. The minimum absolute atomic E-state index is 0.795. The van der Waals surface area contributed by atoms with Gasteiger partial charge >= 0.3 is 0 Å². The fraction of sp³-hybridized carbons (Fsp3) is 0.545. The van der Waals surface area contributed by atoms with Gasteiger partial charge in [0.25, 0.3) is 0 Å². The van der Waals surface area contributed by atoms with Crippen molar-refractivity contribution < 1.29 is 0 Å². The number of nitrogens with two attached hydrogens (primary N) is 1. The van der Waals surface area contributed by atoms with Gasteiger partial charge in [0.1, 0.15) is 5.82 Å². The Kier molecular flexibility index (Phi) is 3.53. The number of nitrogens with one attached hydrogen (secondary N) is 1. The molecule has 4 nitrogen and oxygen atoms in total. The van der Waals surface area contributed by atoms with E-state index < -0.39 is 0 Å². The third-order valence-electron chi connectivity index (χ3n) is 2.87. The lowest BCUT2D eigenvalue weighted by molar-refractivity contribution is 0.221. The van der Waals surface area contributed by atoms with Gasteiger partial charge in [0, 0.05) is 18.3 Å². The molecule has 0 aromatic carbocycles. The normalized spacial score (nSPS) is 17.7. The van der Waals surface area contributed by atoms with Crippen LogP contribution < -0.4 is 11.3 Å². The zero-order valence-corrected chi connectivity index (χ0v) is 8.95. The van der Waals surface area contributed by atoms with E-state index in [0.29, 0.717) is 0 Å². The first-order chi connectivity index (χ1) is 7.40. The lowest BCUT2D eigenvalue weighted by atomic mass is 10.1. The second kappa shape index (κ2) is 5.09. The molecular weight excluding hydrogens is 188 g/mol. The van der Waals surface area contributed by atoms with Crippen LogP contribution in [0.3, 0.4) is 0 Å². The molecule has 0 saturated carbocycles. The van der Waals surface area contributed by atoms with Crippen LogP contribution in [0.5, 0.6) is 0 Å². The molecule has 1 aromatic rings. The molecule has 2 rings (SSSR count). The van der Waals surface area contributed by atoms with Gasteiger partial charge in [-0.15, -0.1) is 0 Å². The van der Waals surface area contributed by atoms with Crippen LogP contribution in [0.15, 0.2) is 18.3 Å². The third-order valence-corrected chi connectivity index (χ3v) is 2.87. The molecule has 0 amide bonds. The first kappa shape index (κ1) is 10.4. The van der Waals surface area contributed by atoms with E-state index in [1.54, 1.807) is 6.20 Å². The molecule has 2 heterocycles. The van der Waals surface area contributed by atoms with E-state index >= 15 is 0 Å². The number of nitrogens with zero attached hydrogens (tertiary/aromatic N) is 2. The molecule has 15 heavy (non-hydrogen) atoms. The summed E-state index contributed by atoms with van der Waals surface area (Å²) in [5, 5.41) is 0. The zero-order valence-electron chi connectivity index (χ0n) is 8.95. The molecule has 1 fully saturated rings. The highest BCUT2D eigenvalue weighted by Gasteiger charge is 2.12. The number of hydrazine groups is 1. The first-order valence-corrected chi connectivity index (χ1v) is 5.53. The summed E-state index contributed by atoms with van der Waals surface area (Å²) in [4.78, 5) is 6.66. The lowest BCUT2D eigenvalue weighted by Gasteiger charge is -2.26. The Bertz CT molecular complexity index is 307. The smallest absolute Gasteiger partial charge is 0.144 e. The van der Waals surface area contributed by atoms with Gasteiger partial charge in [-0.05, 0) is 32.0 Å². The summed E-state index contributed by atoms with van der Waals surface area (Å²) in [6.07, 6.45) is 5.75. The molecular formula is C11H18N4. The standard InChI is InChI=1S/C11H18N4/c12-14-11-10(5-4-6-13-11)9-15-7-2-1-3-8-15/h4-6H,1-3,7-9,12H2,(H,13,14). The number of rotatable bonds is 3. The molecule has 1 aromatic heterocycles. The molecule has 4 heteroatoms. The van der Waals surface area contributed by atoms with Crippen LogP contribution in [0.4, 0.5) is 5.82 Å². The predicted molar refractivity (Wildman–Crippen MR) is 61.2 cm³/mol. The Hall–Kier alpha value is -1.13. The number of pyridine rings is 1. The molecule has 0 bridgehead atoms. The minimum atomic E-state index is 0.795. The summed E-state index contributed by atoms with van der Waals surface area (Å²) in [5.41, 5.74) is 3.83. The van der Waals surface area contributed by atoms with Crippen molar-refractivity contribution >= 4 is 5.82 Å². The largest absolute Gasteiger partial charge is 0.308 e. The molecule has 82 valence electrons. The van der Waals surface area contributed by atoms with Crippen molar-refractivity contribution in [3.05, 3.63) is 23.9 Å². The van der Waals surface area contributed by atoms with Crippen LogP contribution in [-0.4, -0.2) is 23.0 Å². The van der Waals surface area contributed by atoms with Crippen LogP contribution in [0, 0.1) is 0 Å². The number of hydrogen-bond donors (Lipinski definition) is 2. The summed E-state index contributed by atoms with van der Waals surface area (Å²) in [5.74, 6) is 6.22. The van der Waals surface area contributed by atoms with Crippen molar-refractivity contribution in [2.45, 2.75) is 25.8 Å². The maximum absolute atomic E-state index is 5.42. The SMILES string of the molecule is NNc1ncccc1CN1CCCCC1. The van der Waals surface area contributed by atoms with Crippen LogP contribution in [0.25, 0.3) is 0 Å². The van der Waals surface area contributed by atoms with Gasteiger partial charge in [0.2, 0.25) is 0 Å². The van der Waals surface area contributed by atoms with Crippen molar-refractivity contribution in [1.29, 1.82) is 0 Å². The molecule has 0 atom stereocenters. The van der Waals surface area contributed by atoms with E-state index in [2.05, 4.69) is 21.4 Å². The molecule has 3 N–H and O–H groups in total. The second-order valence-corrected chi connectivity index (χ2v) is 3.99. The Morgan fingerprint density at radius 1 is 1.33 bits per heavy atom. The zero-order chi connectivity index (χ0) is 10.5. The van der Waals surface area contributed by atoms with E-state index in [4.69, 9.17) is 5.84 Å². The molecule has 1 aliphatic rings. The van der Waals surface area contributed by atoms with Gasteiger partial charge in [-0.1, -0.05) is 12.5 Å². The summed E-state index contributed by atoms with van der Waals surface area (Å²) in [6, 6.07) is 4.04. The van der Waals surface area contributed by atoms with Gasteiger partial charge in [-0.2, -0.15) is 0 Å². The highest BCUT2D eigenvalue weighted by Crippen LogP contribution is 2.16. The van der Waals surface area contributed by atoms with E-state index in [0.717, 1.165) is 12.4 Å². The van der Waals surface area contributed by atoms with Crippen LogP contribution in [0.2, 0.25) is 0 Å². The summed E-state index contributed by atoms with van der Waals surface area (Å²) >= 11 is 0. The Balaban J connectivity index is 2.02. The average Bonchev–Trinajstić information content (AvgIpc) is 2.31. The van der Waals surface area contributed by atoms with Crippen molar-refractivity contribution in [2.75, 3.05) is 18.5 Å². The number of piperidine rings is 1. The third kappa shape index (κ3) is 2.67. The fourth-order valence-corrected chi connectivity index (χ4v) is 2.05. The molecule has 0 aliphatic carbocycles. The van der Waals surface area contributed by atoms with Gasteiger partial charge in [0.15, 0.2) is 0 Å². The van der Waals surface area contributed by atoms with Gasteiger partial charge < -0.3 is 5.43 Å². The Morgan fingerprint density at radius 2 is 2.13 bits per heavy atom. The monoisotopic (exact) mass is 206 g/mol. The van der Waals surface area contributed by atoms with Crippen molar-refractivity contribution in [3.63, 3.8) is 0 Å². The second-order valence-electron chi connectivity index (χ2n) is 3.99. The number of likely N-dealkylation sites (tertiary alicyclic amines) is 1. The summed E-state index contributed by atoms with van der Waals surface area (Å²) in [6.45, 7) is 3.34. The minimum Gasteiger partial charge on any atom is -0.308 e. The Labute approximate surface area is 90.5 Å². The van der Waals surface area contributed by atoms with E-state index in [1.165, 1.54) is 37.9 Å². The van der Waals surface area contributed by atoms with Crippen molar-refractivity contribution in [1.82, 2.24) is 9.88 Å². The van der Waals surface area contributed by atoms with Gasteiger partial charge in [-0.3, -0.25) is 4.90 Å². The topological polar surface area (TPSA) is 54.2 Å². The van der Waals surface area contributed by atoms with Crippen molar-refractivity contribution in [3.8, 4) is 0 Å². The van der Waals surface area contributed by atoms with Crippen molar-refractivity contribution in [2.24, 2.45) is 5.84 Å². The van der Waals surface area contributed by atoms with Crippen LogP contribution >= 0.6 is 0 Å².